The third-order valence-electron chi connectivity index (χ3n) is 5.71. The number of aliphatic hydroxyl groups excluding tert-OH is 1. The Hall–Kier alpha value is -4.48. The van der Waals surface area contributed by atoms with Crippen LogP contribution in [0.5, 0.6) is 0 Å². The minimum atomic E-state index is -4.95. The number of halogens is 4. The normalized spacial score (nSPS) is 12.4. The van der Waals surface area contributed by atoms with E-state index in [1.165, 1.54) is 41.5 Å². The zero-order valence-corrected chi connectivity index (χ0v) is 22.4. The maximum atomic E-state index is 13.1. The number of alkyl halides is 3. The third kappa shape index (κ3) is 6.01. The Morgan fingerprint density at radius 3 is 2.61 bits per heavy atom. The van der Waals surface area contributed by atoms with Gasteiger partial charge in [-0.2, -0.15) is 13.2 Å². The van der Waals surface area contributed by atoms with Crippen molar-refractivity contribution in [3.05, 3.63) is 80.8 Å². The molecule has 0 aliphatic rings. The predicted molar refractivity (Wildman–Crippen MR) is 140 cm³/mol. The maximum Gasteiger partial charge on any atom is 0.416 e. The number of nitrogens with zero attached hydrogens (tertiary/aromatic N) is 9. The van der Waals surface area contributed by atoms with Crippen molar-refractivity contribution in [3.63, 3.8) is 0 Å². The van der Waals surface area contributed by atoms with E-state index in [1.54, 1.807) is 19.1 Å². The Labute approximate surface area is 237 Å². The lowest BCUT2D eigenvalue weighted by molar-refractivity contribution is -0.207. The van der Waals surface area contributed by atoms with Crippen LogP contribution in [0.4, 0.5) is 19.0 Å². The first-order chi connectivity index (χ1) is 19.5. The molecule has 13 nitrogen and oxygen atoms in total. The predicted octanol–water partition coefficient (Wildman–Crippen LogP) is 2.72. The van der Waals surface area contributed by atoms with Gasteiger partial charge in [0.05, 0.1) is 12.2 Å². The highest BCUT2D eigenvalue weighted by atomic mass is 35.5. The van der Waals surface area contributed by atoms with Crippen molar-refractivity contribution in [2.75, 3.05) is 5.32 Å². The number of nitrogens with one attached hydrogen (secondary N) is 1. The summed E-state index contributed by atoms with van der Waals surface area (Å²) in [6.45, 7) is 0.262. The highest BCUT2D eigenvalue weighted by Crippen LogP contribution is 2.24. The van der Waals surface area contributed by atoms with Crippen molar-refractivity contribution in [1.82, 2.24) is 43.7 Å². The second-order valence-corrected chi connectivity index (χ2v) is 9.75. The molecule has 0 spiro atoms. The minimum absolute atomic E-state index is 0.0828. The lowest BCUT2D eigenvalue weighted by Gasteiger charge is -2.15. The van der Waals surface area contributed by atoms with Gasteiger partial charge in [0.1, 0.15) is 23.4 Å². The molecule has 212 valence electrons. The first-order valence-corrected chi connectivity index (χ1v) is 12.8. The van der Waals surface area contributed by atoms with Crippen LogP contribution >= 0.6 is 23.1 Å². The van der Waals surface area contributed by atoms with Crippen LogP contribution in [0, 0.1) is 6.92 Å². The molecular weight excluding hydrogens is 589 g/mol. The Bertz CT molecular complexity index is 1760. The van der Waals surface area contributed by atoms with Gasteiger partial charge in [0.2, 0.25) is 0 Å². The molecular formula is C23H18ClF3N10O3S. The SMILES string of the molecule is Cc1nnsc1C(=O)Nc1ncccc1-n1cnc(Cn2nc(-c3ccc(Cl)cc3)n(C[C@H](O)C(F)(F)F)c2=O)n1. The van der Waals surface area contributed by atoms with Crippen LogP contribution < -0.4 is 11.0 Å². The van der Waals surface area contributed by atoms with Crippen LogP contribution in [0.3, 0.4) is 0 Å². The number of benzene rings is 1. The van der Waals surface area contributed by atoms with Gasteiger partial charge in [0.25, 0.3) is 5.91 Å². The second kappa shape index (κ2) is 11.2. The van der Waals surface area contributed by atoms with Crippen LogP contribution in [-0.4, -0.2) is 67.0 Å². The Morgan fingerprint density at radius 1 is 1.17 bits per heavy atom. The number of hydrogen-bond acceptors (Lipinski definition) is 10. The number of rotatable bonds is 8. The summed E-state index contributed by atoms with van der Waals surface area (Å²) in [7, 11) is 0. The van der Waals surface area contributed by atoms with Crippen molar-refractivity contribution in [2.45, 2.75) is 32.3 Å². The van der Waals surface area contributed by atoms with Crippen LogP contribution in [0.15, 0.2) is 53.7 Å². The van der Waals surface area contributed by atoms with Crippen molar-refractivity contribution in [2.24, 2.45) is 0 Å². The number of aryl methyl sites for hydroxylation is 1. The number of hydrogen-bond donors (Lipinski definition) is 2. The fraction of sp³-hybridized carbons (Fsp3) is 0.217. The summed E-state index contributed by atoms with van der Waals surface area (Å²) in [4.78, 5) is 34.5. The van der Waals surface area contributed by atoms with E-state index in [0.29, 0.717) is 26.8 Å². The van der Waals surface area contributed by atoms with E-state index in [-0.39, 0.29) is 24.0 Å². The first-order valence-electron chi connectivity index (χ1n) is 11.7. The van der Waals surface area contributed by atoms with Gasteiger partial charge >= 0.3 is 11.9 Å². The molecule has 1 amide bonds. The van der Waals surface area contributed by atoms with Crippen LogP contribution in [-0.2, 0) is 13.1 Å². The molecule has 1 aromatic carbocycles. The van der Waals surface area contributed by atoms with Crippen molar-refractivity contribution < 1.29 is 23.1 Å². The van der Waals surface area contributed by atoms with Crippen LogP contribution in [0.25, 0.3) is 17.1 Å². The quantitative estimate of drug-likeness (QED) is 0.271. The summed E-state index contributed by atoms with van der Waals surface area (Å²) in [6.07, 6.45) is -4.97. The molecule has 4 heterocycles. The molecule has 1 atom stereocenters. The largest absolute Gasteiger partial charge is 0.416 e. The van der Waals surface area contributed by atoms with Gasteiger partial charge in [-0.3, -0.25) is 9.36 Å². The summed E-state index contributed by atoms with van der Waals surface area (Å²) < 4.78 is 46.0. The molecule has 0 fully saturated rings. The number of anilines is 1. The molecule has 0 saturated heterocycles. The summed E-state index contributed by atoms with van der Waals surface area (Å²) >= 11 is 6.85. The van der Waals surface area contributed by atoms with Crippen LogP contribution in [0.2, 0.25) is 5.02 Å². The molecule has 41 heavy (non-hydrogen) atoms. The highest BCUT2D eigenvalue weighted by molar-refractivity contribution is 7.08. The third-order valence-corrected chi connectivity index (χ3v) is 6.79. The van der Waals surface area contributed by atoms with E-state index in [1.807, 2.05) is 0 Å². The molecule has 5 rings (SSSR count). The molecule has 0 aliphatic heterocycles. The fourth-order valence-corrected chi connectivity index (χ4v) is 4.38. The number of aliphatic hydroxyl groups is 1. The number of aromatic nitrogens is 9. The van der Waals surface area contributed by atoms with Gasteiger partial charge in [0.15, 0.2) is 23.6 Å². The summed E-state index contributed by atoms with van der Waals surface area (Å²) in [5.74, 6) is -0.334. The Morgan fingerprint density at radius 2 is 1.93 bits per heavy atom. The highest BCUT2D eigenvalue weighted by Gasteiger charge is 2.39. The molecule has 0 unspecified atom stereocenters. The van der Waals surface area contributed by atoms with E-state index >= 15 is 0 Å². The van der Waals surface area contributed by atoms with Crippen molar-refractivity contribution in [3.8, 4) is 17.1 Å². The van der Waals surface area contributed by atoms with Gasteiger partial charge < -0.3 is 10.4 Å². The topological polar surface area (TPSA) is 159 Å². The summed E-state index contributed by atoms with van der Waals surface area (Å²) in [5.41, 5.74) is 0.194. The molecule has 2 N–H and O–H groups in total. The van der Waals surface area contributed by atoms with E-state index in [9.17, 15) is 27.9 Å². The number of carbonyl (C=O) groups is 1. The van der Waals surface area contributed by atoms with E-state index in [2.05, 4.69) is 35.1 Å². The van der Waals surface area contributed by atoms with Gasteiger partial charge in [-0.25, -0.2) is 24.1 Å². The maximum absolute atomic E-state index is 13.1. The average molecular weight is 607 g/mol. The van der Waals surface area contributed by atoms with Gasteiger partial charge in [-0.05, 0) is 54.9 Å². The summed E-state index contributed by atoms with van der Waals surface area (Å²) in [5, 5.41) is 25.0. The molecule has 0 aliphatic carbocycles. The van der Waals surface area contributed by atoms with Gasteiger partial charge in [0, 0.05) is 16.8 Å². The van der Waals surface area contributed by atoms with Gasteiger partial charge in [-0.1, -0.05) is 16.1 Å². The summed E-state index contributed by atoms with van der Waals surface area (Å²) in [6, 6.07) is 9.19. The number of amides is 1. The minimum Gasteiger partial charge on any atom is -0.382 e. The molecule has 0 bridgehead atoms. The van der Waals surface area contributed by atoms with Gasteiger partial charge in [-0.15, -0.1) is 15.3 Å². The zero-order chi connectivity index (χ0) is 29.3. The van der Waals surface area contributed by atoms with Crippen molar-refractivity contribution in [1.29, 1.82) is 0 Å². The Kier molecular flexibility index (Phi) is 7.65. The van der Waals surface area contributed by atoms with E-state index in [4.69, 9.17) is 11.6 Å². The van der Waals surface area contributed by atoms with E-state index in [0.717, 1.165) is 20.8 Å². The van der Waals surface area contributed by atoms with E-state index < -0.39 is 30.4 Å². The van der Waals surface area contributed by atoms with Crippen LogP contribution in [0.1, 0.15) is 21.2 Å². The molecule has 5 aromatic rings. The standard InChI is InChI=1S/C23H18ClF3N10O3S/c1-12-18(41-34-31-12)21(39)30-19-15(3-2-8-28-19)37-11-29-17(32-37)10-36-22(40)35(9-16(38)23(25,26)27)20(33-36)13-4-6-14(24)7-5-13/h2-8,11,16,38H,9-10H2,1H3,(H,28,30,39)/t16-/m0/s1. The monoisotopic (exact) mass is 606 g/mol. The molecule has 0 radical (unpaired) electrons. The molecule has 0 saturated carbocycles. The molecule has 18 heteroatoms. The first kappa shape index (κ1) is 28.1. The smallest absolute Gasteiger partial charge is 0.382 e. The number of carbonyl (C=O) groups excluding carboxylic acids is 1. The number of pyridine rings is 1. The Balaban J connectivity index is 1.44. The fourth-order valence-electron chi connectivity index (χ4n) is 3.70. The zero-order valence-electron chi connectivity index (χ0n) is 20.8. The lowest BCUT2D eigenvalue weighted by Crippen LogP contribution is -2.37. The average Bonchev–Trinajstić information content (AvgIpc) is 3.65. The molecule has 4 aromatic heterocycles. The lowest BCUT2D eigenvalue weighted by atomic mass is 10.2. The second-order valence-electron chi connectivity index (χ2n) is 8.56. The van der Waals surface area contributed by atoms with Crippen molar-refractivity contribution >= 4 is 34.9 Å².